The third-order valence-electron chi connectivity index (χ3n) is 1.70. The molecule has 0 unspecified atom stereocenters. The third-order valence-corrected chi connectivity index (χ3v) is 4.62. The Kier molecular flexibility index (Phi) is 6.71. The zero-order valence-corrected chi connectivity index (χ0v) is 12.1. The monoisotopic (exact) mass is 353 g/mol. The van der Waals surface area contributed by atoms with E-state index in [1.165, 1.54) is 4.90 Å². The molecule has 0 bridgehead atoms. The Hall–Kier alpha value is 0.280. The summed E-state index contributed by atoms with van der Waals surface area (Å²) in [6.07, 6.45) is 0. The van der Waals surface area contributed by atoms with Gasteiger partial charge in [0.25, 0.3) is 0 Å². The molecular weight excluding hydrogens is 341 g/mol. The van der Waals surface area contributed by atoms with E-state index >= 15 is 0 Å². The molecule has 0 heterocycles. The van der Waals surface area contributed by atoms with Gasteiger partial charge in [-0.15, -0.1) is 0 Å². The highest BCUT2D eigenvalue weighted by Gasteiger charge is 1.99. The second kappa shape index (κ2) is 7.54. The Bertz CT molecular complexity index is 316. The molecule has 1 aromatic carbocycles. The van der Waals surface area contributed by atoms with Crippen molar-refractivity contribution in [2.45, 2.75) is 11.8 Å². The lowest BCUT2D eigenvalue weighted by Gasteiger charge is -2.01. The van der Waals surface area contributed by atoms with Crippen LogP contribution in [0.15, 0.2) is 29.2 Å². The number of carbonyl (C=O) groups is 1. The lowest BCUT2D eigenvalue weighted by atomic mass is 10.2. The van der Waals surface area contributed by atoms with Crippen molar-refractivity contribution < 1.29 is 4.79 Å². The molecule has 0 amide bonds. The van der Waals surface area contributed by atoms with Crippen LogP contribution in [-0.2, 0) is 0 Å². The van der Waals surface area contributed by atoms with Crippen molar-refractivity contribution in [1.29, 1.82) is 0 Å². The zero-order chi connectivity index (χ0) is 11.1. The van der Waals surface area contributed by atoms with Crippen LogP contribution in [-0.4, -0.2) is 18.1 Å². The van der Waals surface area contributed by atoms with Crippen molar-refractivity contribution in [3.63, 3.8) is 0 Å². The maximum absolute atomic E-state index is 11.0. The summed E-state index contributed by atoms with van der Waals surface area (Å²) in [5.74, 6) is 1.19. The molecular formula is C10H12INOS2. The van der Waals surface area contributed by atoms with Crippen LogP contribution >= 0.6 is 44.5 Å². The number of hydrogen-bond acceptors (Lipinski definition) is 4. The van der Waals surface area contributed by atoms with E-state index in [9.17, 15) is 4.79 Å². The number of halogens is 1. The molecule has 1 rings (SSSR count). The highest BCUT2D eigenvalue weighted by molar-refractivity contribution is 14.1. The Balaban J connectivity index is 2.39. The maximum Gasteiger partial charge on any atom is 0.159 e. The molecule has 0 saturated heterocycles. The van der Waals surface area contributed by atoms with Crippen molar-refractivity contribution in [3.8, 4) is 0 Å². The van der Waals surface area contributed by atoms with E-state index in [1.54, 1.807) is 17.7 Å². The first kappa shape index (κ1) is 13.3. The Morgan fingerprint density at radius 3 is 2.60 bits per heavy atom. The minimum Gasteiger partial charge on any atom is -0.295 e. The first-order chi connectivity index (χ1) is 7.24. The van der Waals surface area contributed by atoms with Gasteiger partial charge in [-0.05, 0) is 19.1 Å². The largest absolute Gasteiger partial charge is 0.295 e. The predicted molar refractivity (Wildman–Crippen MR) is 76.8 cm³/mol. The fourth-order valence-electron chi connectivity index (χ4n) is 0.935. The maximum atomic E-state index is 11.0. The Morgan fingerprint density at radius 1 is 1.40 bits per heavy atom. The normalized spacial score (nSPS) is 10.3. The standard InChI is InChI=1S/C10H12INOS2/c1-8(13)9-2-4-10(5-3-9)15-14-7-6-12-11/h2-5,12H,6-7H2,1H3. The molecule has 1 N–H and O–H groups in total. The fourth-order valence-corrected chi connectivity index (χ4v) is 3.46. The average Bonchev–Trinajstić information content (AvgIpc) is 2.25. The van der Waals surface area contributed by atoms with E-state index in [0.29, 0.717) is 0 Å². The van der Waals surface area contributed by atoms with Gasteiger partial charge in [-0.1, -0.05) is 33.7 Å². The van der Waals surface area contributed by atoms with Gasteiger partial charge >= 0.3 is 0 Å². The molecule has 2 nitrogen and oxygen atoms in total. The molecule has 0 radical (unpaired) electrons. The summed E-state index contributed by atoms with van der Waals surface area (Å²) in [6, 6.07) is 7.74. The minimum atomic E-state index is 0.119. The van der Waals surface area contributed by atoms with Gasteiger partial charge < -0.3 is 0 Å². The molecule has 0 fully saturated rings. The quantitative estimate of drug-likeness (QED) is 0.278. The third kappa shape index (κ3) is 5.24. The molecule has 0 atom stereocenters. The van der Waals surface area contributed by atoms with Crippen LogP contribution in [0.1, 0.15) is 17.3 Å². The van der Waals surface area contributed by atoms with Crippen LogP contribution < -0.4 is 3.53 Å². The van der Waals surface area contributed by atoms with Crippen molar-refractivity contribution in [2.75, 3.05) is 12.3 Å². The topological polar surface area (TPSA) is 29.1 Å². The second-order valence-electron chi connectivity index (χ2n) is 2.87. The van der Waals surface area contributed by atoms with Crippen molar-refractivity contribution in [1.82, 2.24) is 3.53 Å². The highest BCUT2D eigenvalue weighted by Crippen LogP contribution is 2.30. The summed E-state index contributed by atoms with van der Waals surface area (Å²) >= 11 is 2.14. The minimum absolute atomic E-state index is 0.119. The molecule has 1 aromatic rings. The van der Waals surface area contributed by atoms with Crippen LogP contribution in [0.5, 0.6) is 0 Å². The van der Waals surface area contributed by atoms with Gasteiger partial charge in [-0.3, -0.25) is 8.32 Å². The van der Waals surface area contributed by atoms with Crippen LogP contribution in [0.3, 0.4) is 0 Å². The van der Waals surface area contributed by atoms with E-state index in [2.05, 4.69) is 26.4 Å². The molecule has 0 aliphatic heterocycles. The molecule has 0 spiro atoms. The Labute approximate surface area is 112 Å². The predicted octanol–water partition coefficient (Wildman–Crippen LogP) is 3.57. The van der Waals surface area contributed by atoms with Gasteiger partial charge in [0.2, 0.25) is 0 Å². The Morgan fingerprint density at radius 2 is 2.07 bits per heavy atom. The van der Waals surface area contributed by atoms with Crippen LogP contribution in [0.25, 0.3) is 0 Å². The zero-order valence-electron chi connectivity index (χ0n) is 8.33. The first-order valence-corrected chi connectivity index (χ1v) is 7.88. The second-order valence-corrected chi connectivity index (χ2v) is 6.12. The lowest BCUT2D eigenvalue weighted by molar-refractivity contribution is 0.101. The number of rotatable bonds is 6. The fraction of sp³-hybridized carbons (Fsp3) is 0.300. The lowest BCUT2D eigenvalue weighted by Crippen LogP contribution is -2.01. The van der Waals surface area contributed by atoms with Crippen LogP contribution in [0, 0.1) is 0 Å². The van der Waals surface area contributed by atoms with Gasteiger partial charge in [-0.25, -0.2) is 0 Å². The van der Waals surface area contributed by atoms with Gasteiger partial charge in [-0.2, -0.15) is 0 Å². The van der Waals surface area contributed by atoms with Crippen molar-refractivity contribution in [2.24, 2.45) is 0 Å². The molecule has 0 aliphatic rings. The SMILES string of the molecule is CC(=O)c1ccc(SSCCNI)cc1. The van der Waals surface area contributed by atoms with Gasteiger partial charge in [0.1, 0.15) is 0 Å². The van der Waals surface area contributed by atoms with Gasteiger partial charge in [0.15, 0.2) is 5.78 Å². The molecule has 82 valence electrons. The molecule has 15 heavy (non-hydrogen) atoms. The summed E-state index contributed by atoms with van der Waals surface area (Å²) in [5, 5.41) is 0. The number of benzene rings is 1. The smallest absolute Gasteiger partial charge is 0.159 e. The first-order valence-electron chi connectivity index (χ1n) is 4.48. The van der Waals surface area contributed by atoms with Crippen LogP contribution in [0.4, 0.5) is 0 Å². The van der Waals surface area contributed by atoms with Crippen molar-refractivity contribution in [3.05, 3.63) is 29.8 Å². The number of carbonyl (C=O) groups excluding carboxylic acids is 1. The molecule has 0 aromatic heterocycles. The number of hydrogen-bond donors (Lipinski definition) is 1. The summed E-state index contributed by atoms with van der Waals surface area (Å²) < 4.78 is 3.07. The van der Waals surface area contributed by atoms with E-state index in [0.717, 1.165) is 17.9 Å². The van der Waals surface area contributed by atoms with E-state index in [4.69, 9.17) is 0 Å². The number of nitrogens with one attached hydrogen (secondary N) is 1. The molecule has 0 aliphatic carbocycles. The van der Waals surface area contributed by atoms with E-state index in [-0.39, 0.29) is 5.78 Å². The highest BCUT2D eigenvalue weighted by atomic mass is 127. The van der Waals surface area contributed by atoms with E-state index < -0.39 is 0 Å². The van der Waals surface area contributed by atoms with Gasteiger partial charge in [0, 0.05) is 45.6 Å². The van der Waals surface area contributed by atoms with Crippen LogP contribution in [0.2, 0.25) is 0 Å². The number of ketones is 1. The summed E-state index contributed by atoms with van der Waals surface area (Å²) in [6.45, 7) is 2.59. The number of Topliss-reactive ketones (excluding diaryl/α,β-unsaturated/α-hetero) is 1. The average molecular weight is 353 g/mol. The summed E-state index contributed by atoms with van der Waals surface area (Å²) in [4.78, 5) is 12.2. The molecule has 5 heteroatoms. The summed E-state index contributed by atoms with van der Waals surface area (Å²) in [7, 11) is 3.55. The van der Waals surface area contributed by atoms with Crippen molar-refractivity contribution >= 4 is 50.2 Å². The van der Waals surface area contributed by atoms with E-state index in [1.807, 2.05) is 35.1 Å². The van der Waals surface area contributed by atoms with Gasteiger partial charge in [0.05, 0.1) is 0 Å². The summed E-state index contributed by atoms with van der Waals surface area (Å²) in [5.41, 5.74) is 0.776. The molecule has 0 saturated carbocycles.